The van der Waals surface area contributed by atoms with E-state index in [2.05, 4.69) is 54.2 Å². The first-order chi connectivity index (χ1) is 16.2. The summed E-state index contributed by atoms with van der Waals surface area (Å²) >= 11 is 0. The van der Waals surface area contributed by atoms with Crippen LogP contribution in [0.3, 0.4) is 0 Å². The normalized spacial score (nSPS) is 16.3. The summed E-state index contributed by atoms with van der Waals surface area (Å²) in [5.74, 6) is -0.348. The highest BCUT2D eigenvalue weighted by Crippen LogP contribution is 2.49. The van der Waals surface area contributed by atoms with Gasteiger partial charge in [0.1, 0.15) is 18.0 Å². The summed E-state index contributed by atoms with van der Waals surface area (Å²) in [6.45, 7) is 11.4. The first-order valence-corrected chi connectivity index (χ1v) is 14.3. The summed E-state index contributed by atoms with van der Waals surface area (Å²) in [5, 5.41) is 7.65. The van der Waals surface area contributed by atoms with Crippen molar-refractivity contribution in [3.05, 3.63) is 59.3 Å². The second-order valence-electron chi connectivity index (χ2n) is 10.4. The molecule has 11 heteroatoms. The van der Waals surface area contributed by atoms with Gasteiger partial charge in [-0.15, -0.1) is 0 Å². The Kier molecular flexibility index (Phi) is 6.29. The van der Waals surface area contributed by atoms with Crippen LogP contribution in [0.15, 0.2) is 36.7 Å². The molecule has 0 bridgehead atoms. The minimum atomic E-state index is -4.74. The molecule has 4 rings (SSSR count). The lowest BCUT2D eigenvalue weighted by Crippen LogP contribution is -2.40. The molecule has 1 aliphatic carbocycles. The summed E-state index contributed by atoms with van der Waals surface area (Å²) in [5.41, 5.74) is -0.876. The number of fused-ring (bicyclic) bond motifs is 1. The van der Waals surface area contributed by atoms with Crippen molar-refractivity contribution >= 4 is 26.0 Å². The van der Waals surface area contributed by atoms with Gasteiger partial charge >= 0.3 is 6.18 Å². The van der Waals surface area contributed by atoms with Gasteiger partial charge in [0.15, 0.2) is 8.32 Å². The Morgan fingerprint density at radius 2 is 1.89 bits per heavy atom. The fourth-order valence-electron chi connectivity index (χ4n) is 3.55. The van der Waals surface area contributed by atoms with Crippen molar-refractivity contribution < 1.29 is 22.0 Å². The van der Waals surface area contributed by atoms with Gasteiger partial charge in [0.05, 0.1) is 23.4 Å². The van der Waals surface area contributed by atoms with E-state index >= 15 is 0 Å². The number of rotatable bonds is 7. The van der Waals surface area contributed by atoms with Gasteiger partial charge in [-0.2, -0.15) is 27.8 Å². The highest BCUT2D eigenvalue weighted by molar-refractivity contribution is 6.74. The van der Waals surface area contributed by atoms with Crippen LogP contribution < -0.4 is 5.32 Å². The molecule has 1 N–H and O–H groups in total. The van der Waals surface area contributed by atoms with Gasteiger partial charge in [-0.1, -0.05) is 32.9 Å². The highest BCUT2D eigenvalue weighted by Gasteiger charge is 2.46. The molecule has 1 saturated carbocycles. The van der Waals surface area contributed by atoms with Gasteiger partial charge in [0.25, 0.3) is 5.78 Å². The lowest BCUT2D eigenvalue weighted by Gasteiger charge is -2.35. The number of benzene rings is 1. The van der Waals surface area contributed by atoms with E-state index in [4.69, 9.17) is 4.43 Å². The Morgan fingerprint density at radius 1 is 1.17 bits per heavy atom. The predicted octanol–water partition coefficient (Wildman–Crippen LogP) is 6.42. The molecule has 1 fully saturated rings. The summed E-state index contributed by atoms with van der Waals surface area (Å²) in [4.78, 5) is 8.66. The molecule has 3 aromatic rings. The number of nitrogens with zero attached hydrogens (tertiary/aromatic N) is 4. The van der Waals surface area contributed by atoms with E-state index in [1.165, 1.54) is 16.9 Å². The molecule has 0 saturated heterocycles. The molecule has 2 heterocycles. The number of nitrogens with one attached hydrogen (secondary N) is 1. The molecule has 0 aliphatic heterocycles. The summed E-state index contributed by atoms with van der Waals surface area (Å²) < 4.78 is 60.9. The van der Waals surface area contributed by atoms with E-state index < -0.39 is 31.4 Å². The summed E-state index contributed by atoms with van der Waals surface area (Å²) in [6.07, 6.45) is 1.66. The van der Waals surface area contributed by atoms with E-state index in [1.54, 1.807) is 6.07 Å². The first-order valence-electron chi connectivity index (χ1n) is 11.4. The monoisotopic (exact) mass is 507 g/mol. The van der Waals surface area contributed by atoms with E-state index in [0.29, 0.717) is 42.3 Å². The summed E-state index contributed by atoms with van der Waals surface area (Å²) in [6, 6.07) is 4.86. The smallest absolute Gasteiger partial charge is 0.413 e. The average Bonchev–Trinajstić information content (AvgIpc) is 3.36. The number of hydrogen-bond acceptors (Lipinski definition) is 5. The van der Waals surface area contributed by atoms with Crippen LogP contribution in [0.25, 0.3) is 11.9 Å². The minimum absolute atomic E-state index is 0.104. The Hall–Kier alpha value is -2.79. The van der Waals surface area contributed by atoms with Gasteiger partial charge < -0.3 is 9.74 Å². The molecule has 1 aliphatic rings. The van der Waals surface area contributed by atoms with Crippen LogP contribution in [-0.2, 0) is 16.1 Å². The highest BCUT2D eigenvalue weighted by atomic mass is 28.4. The van der Waals surface area contributed by atoms with Crippen molar-refractivity contribution in [2.24, 2.45) is 0 Å². The van der Waals surface area contributed by atoms with Gasteiger partial charge in [0.2, 0.25) is 0 Å². The van der Waals surface area contributed by atoms with E-state index in [0.717, 1.165) is 12.1 Å². The Balaban J connectivity index is 1.56. The molecule has 0 atom stereocenters. The number of aromatic nitrogens is 4. The largest absolute Gasteiger partial charge is 0.419 e. The third-order valence-electron chi connectivity index (χ3n) is 6.85. The number of hydrogen-bond donors (Lipinski definition) is 1. The van der Waals surface area contributed by atoms with Crippen molar-refractivity contribution in [3.63, 3.8) is 0 Å². The van der Waals surface area contributed by atoms with E-state index in [-0.39, 0.29) is 5.04 Å². The van der Waals surface area contributed by atoms with E-state index in [1.807, 2.05) is 12.2 Å². The van der Waals surface area contributed by atoms with Crippen LogP contribution in [0.5, 0.6) is 0 Å². The lowest BCUT2D eigenvalue weighted by molar-refractivity contribution is -0.140. The Bertz CT molecular complexity index is 1260. The molecule has 35 heavy (non-hydrogen) atoms. The topological polar surface area (TPSA) is 64.3 Å². The third kappa shape index (κ3) is 5.25. The third-order valence-corrected chi connectivity index (χ3v) is 11.4. The minimum Gasteiger partial charge on any atom is -0.413 e. The van der Waals surface area contributed by atoms with Crippen molar-refractivity contribution in [2.75, 3.05) is 11.9 Å². The second kappa shape index (κ2) is 8.70. The average molecular weight is 508 g/mol. The second-order valence-corrected chi connectivity index (χ2v) is 15.2. The number of halogens is 4. The quantitative estimate of drug-likeness (QED) is 0.295. The zero-order chi connectivity index (χ0) is 25.6. The van der Waals surface area contributed by atoms with Gasteiger partial charge in [0, 0.05) is 6.07 Å². The molecular formula is C24H29F4N5OSi. The number of anilines is 1. The molecule has 0 radical (unpaired) electrons. The molecule has 2 aromatic heterocycles. The van der Waals surface area contributed by atoms with Gasteiger partial charge in [-0.3, -0.25) is 0 Å². The SMILES string of the molecule is CC(C)(C)[Si](C)(C)OC/C=C/c1cc(NC2(c3ccc(C(F)(F)F)c(F)c3)CC2)n2ncnc2n1. The van der Waals surface area contributed by atoms with Gasteiger partial charge in [-0.05, 0) is 54.7 Å². The standard InChI is InChI=1S/C24H29F4N5OSi/c1-22(2,3)35(4,5)34-12-6-7-17-14-20(33-21(31-17)29-15-30-33)32-23(10-11-23)16-8-9-18(19(25)13-16)24(26,27)28/h6-9,13-15,32H,10-12H2,1-5H3/b7-6+. The molecule has 0 amide bonds. The predicted molar refractivity (Wildman–Crippen MR) is 129 cm³/mol. The molecule has 0 spiro atoms. The van der Waals surface area contributed by atoms with Crippen molar-refractivity contribution in [1.29, 1.82) is 0 Å². The van der Waals surface area contributed by atoms with Crippen LogP contribution in [-0.4, -0.2) is 34.5 Å². The van der Waals surface area contributed by atoms with Crippen LogP contribution in [0.4, 0.5) is 23.4 Å². The van der Waals surface area contributed by atoms with Crippen molar-refractivity contribution in [1.82, 2.24) is 19.6 Å². The maximum Gasteiger partial charge on any atom is 0.419 e. The molecular weight excluding hydrogens is 478 g/mol. The van der Waals surface area contributed by atoms with Crippen LogP contribution in [0.2, 0.25) is 18.1 Å². The molecule has 0 unspecified atom stereocenters. The molecule has 6 nitrogen and oxygen atoms in total. The number of alkyl halides is 3. The first kappa shape index (κ1) is 25.3. The van der Waals surface area contributed by atoms with E-state index in [9.17, 15) is 17.6 Å². The fraction of sp³-hybridized carbons (Fsp3) is 0.458. The van der Waals surface area contributed by atoms with Crippen molar-refractivity contribution in [2.45, 2.75) is 63.5 Å². The van der Waals surface area contributed by atoms with Crippen molar-refractivity contribution in [3.8, 4) is 0 Å². The van der Waals surface area contributed by atoms with Crippen LogP contribution in [0.1, 0.15) is 50.4 Å². The zero-order valence-corrected chi connectivity index (χ0v) is 21.4. The summed E-state index contributed by atoms with van der Waals surface area (Å²) in [7, 11) is -1.88. The zero-order valence-electron chi connectivity index (χ0n) is 20.4. The van der Waals surface area contributed by atoms with Crippen LogP contribution in [0, 0.1) is 5.82 Å². The maximum absolute atomic E-state index is 14.2. The Labute approximate surface area is 202 Å². The van der Waals surface area contributed by atoms with Crippen LogP contribution >= 0.6 is 0 Å². The maximum atomic E-state index is 14.2. The lowest BCUT2D eigenvalue weighted by atomic mass is 10.0. The molecule has 188 valence electrons. The van der Waals surface area contributed by atoms with Gasteiger partial charge in [-0.25, -0.2) is 9.37 Å². The Morgan fingerprint density at radius 3 is 2.49 bits per heavy atom. The molecule has 1 aromatic carbocycles. The fourth-order valence-corrected chi connectivity index (χ4v) is 4.49.